The summed E-state index contributed by atoms with van der Waals surface area (Å²) in [5.41, 5.74) is 3.20. The molecule has 1 aliphatic heterocycles. The molecular weight excluding hydrogens is 302 g/mol. The van der Waals surface area contributed by atoms with Gasteiger partial charge in [-0.15, -0.1) is 0 Å². The topological polar surface area (TPSA) is 69.2 Å². The smallest absolute Gasteiger partial charge is 0.278 e. The molecule has 2 N–H and O–H groups in total. The van der Waals surface area contributed by atoms with Gasteiger partial charge in [0.05, 0.1) is 5.69 Å². The summed E-state index contributed by atoms with van der Waals surface area (Å²) in [6.07, 6.45) is 7.94. The van der Waals surface area contributed by atoms with Crippen molar-refractivity contribution >= 4 is 11.6 Å². The van der Waals surface area contributed by atoms with Gasteiger partial charge in [-0.25, -0.2) is 0 Å². The predicted octanol–water partition coefficient (Wildman–Crippen LogP) is 3.76. The first-order valence-electron chi connectivity index (χ1n) is 8.92. The van der Waals surface area contributed by atoms with Crippen molar-refractivity contribution in [2.24, 2.45) is 0 Å². The number of H-pyrrole nitrogens is 1. The Morgan fingerprint density at radius 2 is 2.04 bits per heavy atom. The zero-order valence-corrected chi connectivity index (χ0v) is 13.8. The number of aromatic amines is 1. The number of para-hydroxylation sites is 1. The van der Waals surface area contributed by atoms with Crippen molar-refractivity contribution < 1.29 is 9.90 Å². The van der Waals surface area contributed by atoms with E-state index in [1.165, 1.54) is 32.1 Å². The summed E-state index contributed by atoms with van der Waals surface area (Å²) in [4.78, 5) is 14.6. The lowest BCUT2D eigenvalue weighted by Crippen LogP contribution is -2.35. The summed E-state index contributed by atoms with van der Waals surface area (Å²) in [6.45, 7) is 0.620. The highest BCUT2D eigenvalue weighted by atomic mass is 16.3. The van der Waals surface area contributed by atoms with Gasteiger partial charge in [0.15, 0.2) is 5.69 Å². The van der Waals surface area contributed by atoms with E-state index >= 15 is 0 Å². The monoisotopic (exact) mass is 325 g/mol. The summed E-state index contributed by atoms with van der Waals surface area (Å²) >= 11 is 0. The molecule has 24 heavy (non-hydrogen) atoms. The molecule has 5 heteroatoms. The van der Waals surface area contributed by atoms with E-state index in [2.05, 4.69) is 10.2 Å². The Hall–Kier alpha value is -2.30. The fourth-order valence-corrected chi connectivity index (χ4v) is 4.04. The van der Waals surface area contributed by atoms with E-state index in [1.54, 1.807) is 11.0 Å². The minimum atomic E-state index is -0.129. The molecule has 1 aliphatic carbocycles. The van der Waals surface area contributed by atoms with Crippen molar-refractivity contribution in [1.82, 2.24) is 10.2 Å². The van der Waals surface area contributed by atoms with Gasteiger partial charge in [0.1, 0.15) is 5.75 Å². The van der Waals surface area contributed by atoms with Crippen LogP contribution in [0.4, 0.5) is 5.69 Å². The number of anilines is 1. The van der Waals surface area contributed by atoms with Crippen LogP contribution >= 0.6 is 0 Å². The number of nitrogens with zero attached hydrogens (tertiary/aromatic N) is 2. The molecule has 0 unspecified atom stereocenters. The maximum atomic E-state index is 12.9. The maximum Gasteiger partial charge on any atom is 0.278 e. The standard InChI is InChI=1S/C19H23N3O2/c23-17-10-4-8-14-9-5-11-22(18(14)17)19(24)16-12-15(20-21-16)13-6-2-1-3-7-13/h4,8,10,12-13,23H,1-3,5-7,9,11H2,(H,20,21). The Morgan fingerprint density at radius 3 is 2.88 bits per heavy atom. The van der Waals surface area contributed by atoms with Gasteiger partial charge in [-0.05, 0) is 43.4 Å². The van der Waals surface area contributed by atoms with Crippen LogP contribution in [0.5, 0.6) is 5.75 Å². The number of amides is 1. The van der Waals surface area contributed by atoms with E-state index in [0.717, 1.165) is 24.1 Å². The number of phenols is 1. The highest BCUT2D eigenvalue weighted by Crippen LogP contribution is 2.36. The zero-order chi connectivity index (χ0) is 16.5. The molecule has 5 nitrogen and oxygen atoms in total. The first kappa shape index (κ1) is 15.2. The quantitative estimate of drug-likeness (QED) is 0.883. The van der Waals surface area contributed by atoms with Crippen molar-refractivity contribution in [3.8, 4) is 5.75 Å². The van der Waals surface area contributed by atoms with Gasteiger partial charge in [0.2, 0.25) is 0 Å². The molecule has 1 saturated carbocycles. The first-order chi connectivity index (χ1) is 11.7. The average molecular weight is 325 g/mol. The number of fused-ring (bicyclic) bond motifs is 1. The molecule has 0 bridgehead atoms. The second-order valence-electron chi connectivity index (χ2n) is 6.89. The highest BCUT2D eigenvalue weighted by molar-refractivity contribution is 6.06. The molecule has 0 atom stereocenters. The summed E-state index contributed by atoms with van der Waals surface area (Å²) in [7, 11) is 0. The van der Waals surface area contributed by atoms with Crippen LogP contribution in [0.2, 0.25) is 0 Å². The summed E-state index contributed by atoms with van der Waals surface area (Å²) in [5.74, 6) is 0.536. The van der Waals surface area contributed by atoms with E-state index in [-0.39, 0.29) is 11.7 Å². The number of benzene rings is 1. The molecule has 0 saturated heterocycles. The van der Waals surface area contributed by atoms with Crippen LogP contribution in [-0.4, -0.2) is 27.8 Å². The van der Waals surface area contributed by atoms with Gasteiger partial charge < -0.3 is 10.0 Å². The Bertz CT molecular complexity index is 747. The average Bonchev–Trinajstić information content (AvgIpc) is 3.12. The normalized spacial score (nSPS) is 18.4. The minimum absolute atomic E-state index is 0.129. The lowest BCUT2D eigenvalue weighted by molar-refractivity contribution is 0.0979. The number of nitrogens with one attached hydrogen (secondary N) is 1. The van der Waals surface area contributed by atoms with Crippen molar-refractivity contribution in [3.05, 3.63) is 41.2 Å². The van der Waals surface area contributed by atoms with Gasteiger partial charge >= 0.3 is 0 Å². The molecule has 2 aliphatic rings. The molecule has 4 rings (SSSR count). The Morgan fingerprint density at radius 1 is 1.21 bits per heavy atom. The van der Waals surface area contributed by atoms with Gasteiger partial charge in [-0.3, -0.25) is 9.89 Å². The molecule has 1 aromatic heterocycles. The summed E-state index contributed by atoms with van der Waals surface area (Å²) in [6, 6.07) is 7.36. The largest absolute Gasteiger partial charge is 0.506 e. The molecule has 0 spiro atoms. The second kappa shape index (κ2) is 6.30. The molecule has 2 heterocycles. The molecule has 2 aromatic rings. The SMILES string of the molecule is O=C(c1cc(C2CCCCC2)[nH]n1)N1CCCc2cccc(O)c21. The molecule has 1 fully saturated rings. The van der Waals surface area contributed by atoms with Gasteiger partial charge in [0.25, 0.3) is 5.91 Å². The van der Waals surface area contributed by atoms with Crippen molar-refractivity contribution in [2.45, 2.75) is 50.9 Å². The highest BCUT2D eigenvalue weighted by Gasteiger charge is 2.28. The number of aryl methyl sites for hydroxylation is 1. The number of carbonyl (C=O) groups is 1. The van der Waals surface area contributed by atoms with Gasteiger partial charge in [0, 0.05) is 18.2 Å². The number of aromatic nitrogens is 2. The fourth-order valence-electron chi connectivity index (χ4n) is 4.04. The lowest BCUT2D eigenvalue weighted by atomic mass is 9.87. The first-order valence-corrected chi connectivity index (χ1v) is 8.92. The number of phenolic OH excluding ortho intramolecular Hbond substituents is 1. The number of rotatable bonds is 2. The van der Waals surface area contributed by atoms with Crippen LogP contribution in [0.25, 0.3) is 0 Å². The molecule has 1 amide bonds. The predicted molar refractivity (Wildman–Crippen MR) is 92.5 cm³/mol. The van der Waals surface area contributed by atoms with Crippen LogP contribution < -0.4 is 4.90 Å². The van der Waals surface area contributed by atoms with Crippen molar-refractivity contribution in [2.75, 3.05) is 11.4 Å². The third-order valence-electron chi connectivity index (χ3n) is 5.30. The molecule has 1 aromatic carbocycles. The van der Waals surface area contributed by atoms with E-state index in [9.17, 15) is 9.90 Å². The Balaban J connectivity index is 1.60. The van der Waals surface area contributed by atoms with E-state index < -0.39 is 0 Å². The number of carbonyl (C=O) groups excluding carboxylic acids is 1. The molecule has 126 valence electrons. The van der Waals surface area contributed by atoms with E-state index in [0.29, 0.717) is 23.8 Å². The van der Waals surface area contributed by atoms with Crippen LogP contribution in [-0.2, 0) is 6.42 Å². The third kappa shape index (κ3) is 2.68. The minimum Gasteiger partial charge on any atom is -0.506 e. The number of aromatic hydroxyl groups is 1. The zero-order valence-electron chi connectivity index (χ0n) is 13.8. The third-order valence-corrected chi connectivity index (χ3v) is 5.30. The second-order valence-corrected chi connectivity index (χ2v) is 6.89. The Kier molecular flexibility index (Phi) is 4.00. The van der Waals surface area contributed by atoms with E-state index in [1.807, 2.05) is 18.2 Å². The molecular formula is C19H23N3O2. The maximum absolute atomic E-state index is 12.9. The van der Waals surface area contributed by atoms with Crippen molar-refractivity contribution in [1.29, 1.82) is 0 Å². The van der Waals surface area contributed by atoms with Crippen molar-refractivity contribution in [3.63, 3.8) is 0 Å². The Labute approximate surface area is 141 Å². The van der Waals surface area contributed by atoms with E-state index in [4.69, 9.17) is 0 Å². The van der Waals surface area contributed by atoms with Crippen LogP contribution in [0.15, 0.2) is 24.3 Å². The number of hydrogen-bond donors (Lipinski definition) is 2. The molecule has 0 radical (unpaired) electrons. The fraction of sp³-hybridized carbons (Fsp3) is 0.474. The van der Waals surface area contributed by atoms with Gasteiger partial charge in [-0.1, -0.05) is 31.4 Å². The van der Waals surface area contributed by atoms with Crippen LogP contribution in [0, 0.1) is 0 Å². The van der Waals surface area contributed by atoms with Gasteiger partial charge in [-0.2, -0.15) is 5.10 Å². The number of hydrogen-bond acceptors (Lipinski definition) is 3. The van der Waals surface area contributed by atoms with Crippen LogP contribution in [0.3, 0.4) is 0 Å². The van der Waals surface area contributed by atoms with Crippen LogP contribution in [0.1, 0.15) is 66.2 Å². The lowest BCUT2D eigenvalue weighted by Gasteiger charge is -2.29. The summed E-state index contributed by atoms with van der Waals surface area (Å²) < 4.78 is 0. The summed E-state index contributed by atoms with van der Waals surface area (Å²) in [5, 5.41) is 17.6.